The van der Waals surface area contributed by atoms with Crippen molar-refractivity contribution < 1.29 is 28.7 Å². The van der Waals surface area contributed by atoms with Crippen molar-refractivity contribution in [1.29, 1.82) is 0 Å². The van der Waals surface area contributed by atoms with E-state index < -0.39 is 17.9 Å². The van der Waals surface area contributed by atoms with Gasteiger partial charge in [-0.05, 0) is 59.7 Å². The maximum Gasteiger partial charge on any atom is 0.328 e. The van der Waals surface area contributed by atoms with Gasteiger partial charge < -0.3 is 25.4 Å². The summed E-state index contributed by atoms with van der Waals surface area (Å²) in [5.74, 6) is -1.39. The molecule has 222 valence electrons. The molecule has 0 heterocycles. The monoisotopic (exact) mass is 573 g/mol. The zero-order valence-corrected chi connectivity index (χ0v) is 24.5. The Bertz CT molecular complexity index is 1320. The van der Waals surface area contributed by atoms with Gasteiger partial charge in [0, 0.05) is 24.2 Å². The van der Waals surface area contributed by atoms with Gasteiger partial charge in [0.1, 0.15) is 6.04 Å². The Hall–Kier alpha value is -4.66. The van der Waals surface area contributed by atoms with Gasteiger partial charge in [-0.15, -0.1) is 0 Å². The molecule has 0 saturated carbocycles. The molecular formula is C33H39N3O6. The fraction of sp³-hybridized carbons (Fsp3) is 0.333. The zero-order valence-electron chi connectivity index (χ0n) is 24.5. The summed E-state index contributed by atoms with van der Waals surface area (Å²) in [4.78, 5) is 50.0. The van der Waals surface area contributed by atoms with Crippen LogP contribution in [0.15, 0.2) is 78.9 Å². The minimum atomic E-state index is -0.874. The smallest absolute Gasteiger partial charge is 0.328 e. The molecule has 9 heteroatoms. The highest BCUT2D eigenvalue weighted by molar-refractivity contribution is 5.99. The predicted molar refractivity (Wildman–Crippen MR) is 162 cm³/mol. The summed E-state index contributed by atoms with van der Waals surface area (Å²) in [6.07, 6.45) is 1.65. The molecule has 3 N–H and O–H groups in total. The van der Waals surface area contributed by atoms with Crippen molar-refractivity contribution in [1.82, 2.24) is 5.32 Å². The molecule has 3 amide bonds. The summed E-state index contributed by atoms with van der Waals surface area (Å²) in [5, 5.41) is 8.47. The lowest BCUT2D eigenvalue weighted by Gasteiger charge is -2.23. The number of carbonyl (C=O) groups is 4. The molecule has 0 aliphatic rings. The van der Waals surface area contributed by atoms with Crippen molar-refractivity contribution in [3.8, 4) is 0 Å². The predicted octanol–water partition coefficient (Wildman–Crippen LogP) is 5.47. The number of hydrogen-bond acceptors (Lipinski definition) is 6. The average Bonchev–Trinajstić information content (AvgIpc) is 2.99. The molecule has 2 atom stereocenters. The van der Waals surface area contributed by atoms with Crippen LogP contribution < -0.4 is 16.0 Å². The molecule has 42 heavy (non-hydrogen) atoms. The summed E-state index contributed by atoms with van der Waals surface area (Å²) >= 11 is 0. The van der Waals surface area contributed by atoms with Crippen LogP contribution in [0, 0.1) is 5.92 Å². The van der Waals surface area contributed by atoms with Crippen LogP contribution in [-0.2, 0) is 36.7 Å². The molecule has 0 aromatic heterocycles. The van der Waals surface area contributed by atoms with Crippen LogP contribution in [0.1, 0.15) is 49.3 Å². The van der Waals surface area contributed by atoms with Gasteiger partial charge in [-0.3, -0.25) is 9.59 Å². The summed E-state index contributed by atoms with van der Waals surface area (Å²) in [5.41, 5.74) is 3.84. The first-order valence-corrected chi connectivity index (χ1v) is 13.9. The lowest BCUT2D eigenvalue weighted by molar-refractivity contribution is -0.145. The minimum Gasteiger partial charge on any atom is -0.469 e. The number of para-hydroxylation sites is 1. The molecule has 0 saturated heterocycles. The first-order valence-electron chi connectivity index (χ1n) is 13.9. The van der Waals surface area contributed by atoms with E-state index in [4.69, 9.17) is 9.47 Å². The Kier molecular flexibility index (Phi) is 12.1. The maximum atomic E-state index is 13.6. The van der Waals surface area contributed by atoms with Crippen LogP contribution in [0.3, 0.4) is 0 Å². The Morgan fingerprint density at radius 2 is 1.33 bits per heavy atom. The van der Waals surface area contributed by atoms with E-state index in [2.05, 4.69) is 16.0 Å². The van der Waals surface area contributed by atoms with Crippen LogP contribution in [0.25, 0.3) is 0 Å². The van der Waals surface area contributed by atoms with Gasteiger partial charge in [-0.25, -0.2) is 9.59 Å². The van der Waals surface area contributed by atoms with E-state index in [-0.39, 0.29) is 36.7 Å². The number of hydrogen-bond donors (Lipinski definition) is 3. The van der Waals surface area contributed by atoms with E-state index in [1.54, 1.807) is 24.3 Å². The fourth-order valence-corrected chi connectivity index (χ4v) is 4.51. The molecule has 0 bridgehead atoms. The lowest BCUT2D eigenvalue weighted by Crippen LogP contribution is -2.45. The largest absolute Gasteiger partial charge is 0.469 e. The molecule has 3 aromatic rings. The SMILES string of the molecule is COC(=O)CCc1ccc(CC(NC(=O)C(CC(C)C)c2ccc(NC(=O)Nc3ccccc3)cc2)C(=O)OC)cc1. The topological polar surface area (TPSA) is 123 Å². The second-order valence-electron chi connectivity index (χ2n) is 10.4. The zero-order chi connectivity index (χ0) is 30.5. The quantitative estimate of drug-likeness (QED) is 0.233. The minimum absolute atomic E-state index is 0.212. The number of rotatable bonds is 13. The van der Waals surface area contributed by atoms with Gasteiger partial charge in [-0.1, -0.05) is 68.4 Å². The van der Waals surface area contributed by atoms with Gasteiger partial charge in [0.05, 0.1) is 20.1 Å². The van der Waals surface area contributed by atoms with Crippen molar-refractivity contribution in [2.75, 3.05) is 24.9 Å². The second kappa shape index (κ2) is 16.0. The molecule has 0 aliphatic carbocycles. The number of carbonyl (C=O) groups excluding carboxylic acids is 4. The number of amides is 3. The van der Waals surface area contributed by atoms with Crippen LogP contribution in [0.2, 0.25) is 0 Å². The van der Waals surface area contributed by atoms with Gasteiger partial charge in [-0.2, -0.15) is 0 Å². The Morgan fingerprint density at radius 1 is 0.738 bits per heavy atom. The summed E-state index contributed by atoms with van der Waals surface area (Å²) in [6, 6.07) is 22.5. The number of ether oxygens (including phenoxy) is 2. The third kappa shape index (κ3) is 10.1. The fourth-order valence-electron chi connectivity index (χ4n) is 4.51. The standard InChI is InChI=1S/C33H39N3O6/c1-22(2)20-28(25-15-17-27(18-16-25)35-33(40)34-26-8-6-5-7-9-26)31(38)36-29(32(39)42-4)21-24-12-10-23(11-13-24)14-19-30(37)41-3/h5-13,15-18,22,28-29H,14,19-21H2,1-4H3,(H,36,38)(H2,34,35,40). The highest BCUT2D eigenvalue weighted by Gasteiger charge is 2.28. The molecular weight excluding hydrogens is 534 g/mol. The van der Waals surface area contributed by atoms with E-state index in [0.717, 1.165) is 16.7 Å². The molecule has 0 fully saturated rings. The Morgan fingerprint density at radius 3 is 1.90 bits per heavy atom. The Balaban J connectivity index is 1.68. The van der Waals surface area contributed by atoms with E-state index >= 15 is 0 Å². The van der Waals surface area contributed by atoms with E-state index in [1.165, 1.54) is 14.2 Å². The van der Waals surface area contributed by atoms with Gasteiger partial charge >= 0.3 is 18.0 Å². The van der Waals surface area contributed by atoms with Crippen LogP contribution in [0.4, 0.5) is 16.2 Å². The Labute approximate surface area is 247 Å². The van der Waals surface area contributed by atoms with Crippen LogP contribution >= 0.6 is 0 Å². The van der Waals surface area contributed by atoms with Gasteiger partial charge in [0.25, 0.3) is 0 Å². The first kappa shape index (κ1) is 31.9. The number of esters is 2. The van der Waals surface area contributed by atoms with E-state index in [1.807, 2.05) is 68.4 Å². The third-order valence-corrected chi connectivity index (χ3v) is 6.74. The number of aryl methyl sites for hydroxylation is 1. The number of urea groups is 1. The molecule has 0 aliphatic heterocycles. The van der Waals surface area contributed by atoms with E-state index in [0.29, 0.717) is 24.2 Å². The third-order valence-electron chi connectivity index (χ3n) is 6.74. The number of benzene rings is 3. The number of anilines is 2. The van der Waals surface area contributed by atoms with Crippen molar-refractivity contribution in [2.45, 2.75) is 51.5 Å². The molecule has 0 radical (unpaired) electrons. The summed E-state index contributed by atoms with van der Waals surface area (Å²) < 4.78 is 9.69. The summed E-state index contributed by atoms with van der Waals surface area (Å²) in [6.45, 7) is 4.06. The molecule has 3 aromatic carbocycles. The summed E-state index contributed by atoms with van der Waals surface area (Å²) in [7, 11) is 2.65. The van der Waals surface area contributed by atoms with Crippen LogP contribution in [-0.4, -0.2) is 44.1 Å². The number of nitrogens with one attached hydrogen (secondary N) is 3. The van der Waals surface area contributed by atoms with E-state index in [9.17, 15) is 19.2 Å². The molecule has 9 nitrogen and oxygen atoms in total. The van der Waals surface area contributed by atoms with Crippen LogP contribution in [0.5, 0.6) is 0 Å². The molecule has 3 rings (SSSR count). The number of methoxy groups -OCH3 is 2. The highest BCUT2D eigenvalue weighted by Crippen LogP contribution is 2.26. The van der Waals surface area contributed by atoms with Gasteiger partial charge in [0.2, 0.25) is 5.91 Å². The average molecular weight is 574 g/mol. The maximum absolute atomic E-state index is 13.6. The molecule has 0 spiro atoms. The van der Waals surface area contributed by atoms with Crippen molar-refractivity contribution in [3.63, 3.8) is 0 Å². The normalized spacial score (nSPS) is 12.1. The molecule has 2 unspecified atom stereocenters. The van der Waals surface area contributed by atoms with Gasteiger partial charge in [0.15, 0.2) is 0 Å². The van der Waals surface area contributed by atoms with Crippen molar-refractivity contribution in [3.05, 3.63) is 95.6 Å². The highest BCUT2D eigenvalue weighted by atomic mass is 16.5. The lowest BCUT2D eigenvalue weighted by atomic mass is 9.89. The van der Waals surface area contributed by atoms with Crippen molar-refractivity contribution >= 4 is 35.3 Å². The second-order valence-corrected chi connectivity index (χ2v) is 10.4. The van der Waals surface area contributed by atoms with Crippen molar-refractivity contribution in [2.24, 2.45) is 5.92 Å². The first-order chi connectivity index (χ1) is 20.2.